The van der Waals surface area contributed by atoms with Gasteiger partial charge in [-0.05, 0) is 49.3 Å². The number of hydrogen-bond acceptors (Lipinski definition) is 6. The number of anilines is 1. The highest BCUT2D eigenvalue weighted by molar-refractivity contribution is 7.90. The fourth-order valence-electron chi connectivity index (χ4n) is 3.60. The third-order valence-corrected chi connectivity index (χ3v) is 6.55. The van der Waals surface area contributed by atoms with Gasteiger partial charge in [0.05, 0.1) is 28.1 Å². The summed E-state index contributed by atoms with van der Waals surface area (Å²) >= 11 is 6.19. The van der Waals surface area contributed by atoms with E-state index in [9.17, 15) is 18.3 Å². The first kappa shape index (κ1) is 20.7. The lowest BCUT2D eigenvalue weighted by Gasteiger charge is -2.21. The average molecular weight is 424 g/mol. The van der Waals surface area contributed by atoms with Crippen molar-refractivity contribution >= 4 is 33.2 Å². The van der Waals surface area contributed by atoms with Crippen LogP contribution in [-0.2, 0) is 14.6 Å². The number of nitrogens with one attached hydrogen (secondary N) is 1. The smallest absolute Gasteiger partial charge is 0.233 e. The molecule has 28 heavy (non-hydrogen) atoms. The Morgan fingerprint density at radius 3 is 2.71 bits per heavy atom. The molecule has 2 aromatic rings. The molecule has 1 saturated carbocycles. The van der Waals surface area contributed by atoms with Crippen LogP contribution in [0.5, 0.6) is 0 Å². The largest absolute Gasteiger partial charge is 0.393 e. The van der Waals surface area contributed by atoms with Crippen LogP contribution in [0, 0.1) is 5.92 Å². The molecule has 1 aliphatic carbocycles. The molecule has 0 aliphatic heterocycles. The van der Waals surface area contributed by atoms with Gasteiger partial charge in [-0.2, -0.15) is 0 Å². The lowest BCUT2D eigenvalue weighted by Crippen LogP contribution is -2.24. The standard InChI is InChI=1S/C19H22ClN3O4S/c1-28(26,27)17-5-3-13(10-16(17)20)15(9-12-2-4-14(24)8-12)19(25)23-18-11-21-6-7-22-18/h3,5-7,10-12,14-15,24H,2,4,8-9H2,1H3,(H,22,23,25). The van der Waals surface area contributed by atoms with E-state index in [0.29, 0.717) is 24.2 Å². The number of aromatic nitrogens is 2. The number of carbonyl (C=O) groups is 1. The summed E-state index contributed by atoms with van der Waals surface area (Å²) in [5, 5.41) is 12.7. The quantitative estimate of drug-likeness (QED) is 0.739. The van der Waals surface area contributed by atoms with Gasteiger partial charge in [0.1, 0.15) is 0 Å². The lowest BCUT2D eigenvalue weighted by molar-refractivity contribution is -0.118. The fraction of sp³-hybridized carbons (Fsp3) is 0.421. The van der Waals surface area contributed by atoms with Gasteiger partial charge in [0.15, 0.2) is 15.7 Å². The Morgan fingerprint density at radius 1 is 1.36 bits per heavy atom. The SMILES string of the molecule is CS(=O)(=O)c1ccc(C(CC2CCC(O)C2)C(=O)Nc2cnccn2)cc1Cl. The summed E-state index contributed by atoms with van der Waals surface area (Å²) in [4.78, 5) is 21.0. The maximum absolute atomic E-state index is 13.0. The van der Waals surface area contributed by atoms with Crippen molar-refractivity contribution < 1.29 is 18.3 Å². The number of rotatable bonds is 6. The molecule has 2 N–H and O–H groups in total. The van der Waals surface area contributed by atoms with Crippen LogP contribution in [-0.4, -0.2) is 41.8 Å². The van der Waals surface area contributed by atoms with Crippen molar-refractivity contribution in [2.45, 2.75) is 42.6 Å². The zero-order chi connectivity index (χ0) is 20.3. The van der Waals surface area contributed by atoms with Crippen LogP contribution in [0.25, 0.3) is 0 Å². The number of nitrogens with zero attached hydrogens (tertiary/aromatic N) is 2. The van der Waals surface area contributed by atoms with Gasteiger partial charge < -0.3 is 10.4 Å². The van der Waals surface area contributed by atoms with Crippen LogP contribution in [0.15, 0.2) is 41.7 Å². The minimum atomic E-state index is -3.46. The van der Waals surface area contributed by atoms with Crippen molar-refractivity contribution in [3.05, 3.63) is 47.4 Å². The van der Waals surface area contributed by atoms with E-state index in [0.717, 1.165) is 19.1 Å². The second kappa shape index (κ2) is 8.55. The highest BCUT2D eigenvalue weighted by Crippen LogP contribution is 2.36. The van der Waals surface area contributed by atoms with Gasteiger partial charge in [-0.1, -0.05) is 17.7 Å². The van der Waals surface area contributed by atoms with E-state index in [1.54, 1.807) is 6.07 Å². The minimum absolute atomic E-state index is 0.0299. The maximum Gasteiger partial charge on any atom is 0.233 e. The molecule has 0 spiro atoms. The topological polar surface area (TPSA) is 109 Å². The van der Waals surface area contributed by atoms with Crippen molar-refractivity contribution in [2.24, 2.45) is 5.92 Å². The van der Waals surface area contributed by atoms with Gasteiger partial charge in [-0.15, -0.1) is 0 Å². The minimum Gasteiger partial charge on any atom is -0.393 e. The molecule has 0 radical (unpaired) electrons. The number of aliphatic hydroxyl groups excluding tert-OH is 1. The number of aliphatic hydroxyl groups is 1. The van der Waals surface area contributed by atoms with Gasteiger partial charge in [0, 0.05) is 18.6 Å². The van der Waals surface area contributed by atoms with E-state index in [4.69, 9.17) is 11.6 Å². The fourth-order valence-corrected chi connectivity index (χ4v) is 4.94. The summed E-state index contributed by atoms with van der Waals surface area (Å²) in [6, 6.07) is 4.58. The molecular formula is C19H22ClN3O4S. The molecule has 1 aromatic heterocycles. The molecule has 0 saturated heterocycles. The third-order valence-electron chi connectivity index (χ3n) is 4.97. The molecule has 3 rings (SSSR count). The number of amides is 1. The Labute approximate surface area is 169 Å². The van der Waals surface area contributed by atoms with Gasteiger partial charge in [0.2, 0.25) is 5.91 Å². The van der Waals surface area contributed by atoms with E-state index in [1.807, 2.05) is 0 Å². The first-order chi connectivity index (χ1) is 13.2. The second-order valence-corrected chi connectivity index (χ2v) is 9.55. The molecule has 1 fully saturated rings. The van der Waals surface area contributed by atoms with Crippen molar-refractivity contribution in [1.29, 1.82) is 0 Å². The number of hydrogen-bond donors (Lipinski definition) is 2. The number of benzene rings is 1. The van der Waals surface area contributed by atoms with Crippen molar-refractivity contribution in [3.63, 3.8) is 0 Å². The predicted octanol–water partition coefficient (Wildman–Crippen LogP) is 2.81. The van der Waals surface area contributed by atoms with Crippen molar-refractivity contribution in [3.8, 4) is 0 Å². The van der Waals surface area contributed by atoms with Gasteiger partial charge in [-0.3, -0.25) is 9.78 Å². The number of carbonyl (C=O) groups excluding carboxylic acids is 1. The maximum atomic E-state index is 13.0. The van der Waals surface area contributed by atoms with Crippen molar-refractivity contribution in [1.82, 2.24) is 9.97 Å². The second-order valence-electron chi connectivity index (χ2n) is 7.16. The summed E-state index contributed by atoms with van der Waals surface area (Å²) < 4.78 is 23.6. The van der Waals surface area contributed by atoms with Gasteiger partial charge in [0.25, 0.3) is 0 Å². The zero-order valence-electron chi connectivity index (χ0n) is 15.4. The molecule has 0 bridgehead atoms. The van der Waals surface area contributed by atoms with E-state index < -0.39 is 15.8 Å². The Balaban J connectivity index is 1.89. The summed E-state index contributed by atoms with van der Waals surface area (Å²) in [6.07, 6.45) is 7.92. The van der Waals surface area contributed by atoms with E-state index in [2.05, 4.69) is 15.3 Å². The summed E-state index contributed by atoms with van der Waals surface area (Å²) in [6.45, 7) is 0. The normalized spacial score (nSPS) is 20.7. The van der Waals surface area contributed by atoms with Crippen LogP contribution in [0.1, 0.15) is 37.2 Å². The number of sulfone groups is 1. The van der Waals surface area contributed by atoms with E-state index >= 15 is 0 Å². The zero-order valence-corrected chi connectivity index (χ0v) is 16.9. The van der Waals surface area contributed by atoms with Crippen LogP contribution < -0.4 is 5.32 Å². The Hall–Kier alpha value is -2.03. The summed E-state index contributed by atoms with van der Waals surface area (Å²) in [5.74, 6) is -0.294. The van der Waals surface area contributed by atoms with Crippen molar-refractivity contribution in [2.75, 3.05) is 11.6 Å². The van der Waals surface area contributed by atoms with Crippen LogP contribution >= 0.6 is 11.6 Å². The summed E-state index contributed by atoms with van der Waals surface area (Å²) in [5.41, 5.74) is 0.625. The predicted molar refractivity (Wildman–Crippen MR) is 106 cm³/mol. The molecule has 9 heteroatoms. The molecule has 150 valence electrons. The van der Waals surface area contributed by atoms with E-state index in [-0.39, 0.29) is 27.8 Å². The molecule has 1 aromatic carbocycles. The molecule has 3 atom stereocenters. The Morgan fingerprint density at radius 2 is 2.14 bits per heavy atom. The first-order valence-electron chi connectivity index (χ1n) is 8.98. The highest BCUT2D eigenvalue weighted by atomic mass is 35.5. The summed E-state index contributed by atoms with van der Waals surface area (Å²) in [7, 11) is -3.46. The van der Waals surface area contributed by atoms with E-state index in [1.165, 1.54) is 30.7 Å². The monoisotopic (exact) mass is 423 g/mol. The Kier molecular flexibility index (Phi) is 6.32. The van der Waals surface area contributed by atoms with Gasteiger partial charge >= 0.3 is 0 Å². The van der Waals surface area contributed by atoms with Crippen LogP contribution in [0.4, 0.5) is 5.82 Å². The molecule has 7 nitrogen and oxygen atoms in total. The molecule has 1 heterocycles. The first-order valence-corrected chi connectivity index (χ1v) is 11.3. The molecule has 1 amide bonds. The Bertz CT molecular complexity index is 953. The number of halogens is 1. The third kappa shape index (κ3) is 5.06. The van der Waals surface area contributed by atoms with Crippen LogP contribution in [0.3, 0.4) is 0 Å². The lowest BCUT2D eigenvalue weighted by atomic mass is 9.87. The highest BCUT2D eigenvalue weighted by Gasteiger charge is 2.30. The van der Waals surface area contributed by atoms with Crippen LogP contribution in [0.2, 0.25) is 5.02 Å². The molecule has 3 unspecified atom stereocenters. The van der Waals surface area contributed by atoms with Gasteiger partial charge in [-0.25, -0.2) is 13.4 Å². The average Bonchev–Trinajstić information content (AvgIpc) is 3.04. The molecule has 1 aliphatic rings. The molecular weight excluding hydrogens is 402 g/mol.